The maximum atomic E-state index is 13.3. The van der Waals surface area contributed by atoms with Crippen LogP contribution in [-0.4, -0.2) is 27.0 Å². The lowest BCUT2D eigenvalue weighted by molar-refractivity contribution is 0.0986. The van der Waals surface area contributed by atoms with Crippen LogP contribution in [0.3, 0.4) is 0 Å². The van der Waals surface area contributed by atoms with Crippen LogP contribution in [0.2, 0.25) is 10.0 Å². The first-order valence-electron chi connectivity index (χ1n) is 9.11. The van der Waals surface area contributed by atoms with Gasteiger partial charge in [-0.05, 0) is 49.2 Å². The second-order valence-corrected chi connectivity index (χ2v) is 8.57. The molecule has 0 bridgehead atoms. The first kappa shape index (κ1) is 22.6. The van der Waals surface area contributed by atoms with Crippen molar-refractivity contribution < 1.29 is 4.79 Å². The molecule has 0 saturated heterocycles. The van der Waals surface area contributed by atoms with E-state index in [1.165, 1.54) is 11.3 Å². The molecule has 156 valence electrons. The highest BCUT2D eigenvalue weighted by molar-refractivity contribution is 7.22. The molecule has 0 fully saturated rings. The van der Waals surface area contributed by atoms with Gasteiger partial charge in [-0.2, -0.15) is 0 Å². The Bertz CT molecular complexity index is 1160. The zero-order valence-corrected chi connectivity index (χ0v) is 19.2. The minimum atomic E-state index is -0.124. The summed E-state index contributed by atoms with van der Waals surface area (Å²) in [5.74, 6) is -0.124. The van der Waals surface area contributed by atoms with Gasteiger partial charge in [-0.1, -0.05) is 40.6 Å². The molecular weight excluding hydrogens is 463 g/mol. The van der Waals surface area contributed by atoms with Crippen molar-refractivity contribution in [3.8, 4) is 0 Å². The van der Waals surface area contributed by atoms with Gasteiger partial charge in [0.15, 0.2) is 5.13 Å². The summed E-state index contributed by atoms with van der Waals surface area (Å²) in [7, 11) is 0. The molecule has 0 aliphatic rings. The fourth-order valence-corrected chi connectivity index (χ4v) is 4.78. The monoisotopic (exact) mass is 480 g/mol. The minimum Gasteiger partial charge on any atom is -0.337 e. The standard InChI is InChI=1S/C21H18Cl2N4OS.ClH/c1-14-10-17(23)12-18-19(14)25-21(29-18)27(8-3-7-26-9-6-24-13-26)20(28)15-4-2-5-16(22)11-15;/h2,4-6,9-13H,3,7-8H2,1H3;1H. The summed E-state index contributed by atoms with van der Waals surface area (Å²) in [6, 6.07) is 10.8. The van der Waals surface area contributed by atoms with Crippen LogP contribution < -0.4 is 4.90 Å². The van der Waals surface area contributed by atoms with Crippen molar-refractivity contribution in [3.05, 3.63) is 76.3 Å². The van der Waals surface area contributed by atoms with Gasteiger partial charge < -0.3 is 4.57 Å². The highest BCUT2D eigenvalue weighted by Gasteiger charge is 2.22. The van der Waals surface area contributed by atoms with Crippen molar-refractivity contribution in [2.45, 2.75) is 19.9 Å². The van der Waals surface area contributed by atoms with E-state index in [1.54, 1.807) is 41.7 Å². The van der Waals surface area contributed by atoms with Gasteiger partial charge in [0.05, 0.1) is 16.5 Å². The molecule has 1 amide bonds. The van der Waals surface area contributed by atoms with Crippen molar-refractivity contribution in [2.75, 3.05) is 11.4 Å². The Morgan fingerprint density at radius 2 is 2.03 bits per heavy atom. The number of carbonyl (C=O) groups excluding carboxylic acids is 1. The molecule has 9 heteroatoms. The molecule has 0 spiro atoms. The Morgan fingerprint density at radius 1 is 1.20 bits per heavy atom. The number of hydrogen-bond acceptors (Lipinski definition) is 4. The molecule has 2 aromatic carbocycles. The zero-order valence-electron chi connectivity index (χ0n) is 16.1. The molecule has 30 heavy (non-hydrogen) atoms. The van der Waals surface area contributed by atoms with E-state index >= 15 is 0 Å². The van der Waals surface area contributed by atoms with Crippen LogP contribution >= 0.6 is 46.9 Å². The fraction of sp³-hybridized carbons (Fsp3) is 0.190. The summed E-state index contributed by atoms with van der Waals surface area (Å²) in [5.41, 5.74) is 2.39. The van der Waals surface area contributed by atoms with Gasteiger partial charge in [-0.25, -0.2) is 9.97 Å². The molecule has 2 aromatic heterocycles. The number of carbonyl (C=O) groups is 1. The zero-order chi connectivity index (χ0) is 20.4. The quantitative estimate of drug-likeness (QED) is 0.326. The number of amides is 1. The number of rotatable bonds is 6. The van der Waals surface area contributed by atoms with E-state index in [9.17, 15) is 4.79 Å². The first-order chi connectivity index (χ1) is 14.0. The molecule has 0 aliphatic heterocycles. The number of fused-ring (bicyclic) bond motifs is 1. The number of anilines is 1. The third-order valence-corrected chi connectivity index (χ3v) is 6.02. The van der Waals surface area contributed by atoms with Crippen molar-refractivity contribution in [1.29, 1.82) is 0 Å². The largest absolute Gasteiger partial charge is 0.337 e. The molecule has 0 unspecified atom stereocenters. The van der Waals surface area contributed by atoms with E-state index in [0.29, 0.717) is 27.3 Å². The number of aryl methyl sites for hydroxylation is 2. The van der Waals surface area contributed by atoms with Gasteiger partial charge in [0.25, 0.3) is 5.91 Å². The van der Waals surface area contributed by atoms with E-state index in [1.807, 2.05) is 29.8 Å². The van der Waals surface area contributed by atoms with Crippen molar-refractivity contribution >= 4 is 68.2 Å². The Balaban J connectivity index is 0.00000256. The summed E-state index contributed by atoms with van der Waals surface area (Å²) in [5, 5.41) is 1.85. The summed E-state index contributed by atoms with van der Waals surface area (Å²) in [6.45, 7) is 3.26. The smallest absolute Gasteiger partial charge is 0.260 e. The van der Waals surface area contributed by atoms with Gasteiger partial charge in [-0.15, -0.1) is 12.4 Å². The van der Waals surface area contributed by atoms with Gasteiger partial charge in [0.2, 0.25) is 0 Å². The van der Waals surface area contributed by atoms with E-state index in [-0.39, 0.29) is 18.3 Å². The van der Waals surface area contributed by atoms with Crippen LogP contribution in [0.25, 0.3) is 10.2 Å². The Labute approximate surface area is 194 Å². The topological polar surface area (TPSA) is 51.0 Å². The van der Waals surface area contributed by atoms with Gasteiger partial charge >= 0.3 is 0 Å². The lowest BCUT2D eigenvalue weighted by atomic mass is 10.2. The highest BCUT2D eigenvalue weighted by atomic mass is 35.5. The highest BCUT2D eigenvalue weighted by Crippen LogP contribution is 2.34. The van der Waals surface area contributed by atoms with Gasteiger partial charge in [-0.3, -0.25) is 9.69 Å². The minimum absolute atomic E-state index is 0. The SMILES string of the molecule is Cc1cc(Cl)cc2sc(N(CCCn3ccnc3)C(=O)c3cccc(Cl)c3)nc12.Cl. The summed E-state index contributed by atoms with van der Waals surface area (Å²) in [6.07, 6.45) is 6.19. The van der Waals surface area contributed by atoms with Crippen LogP contribution in [0, 0.1) is 6.92 Å². The predicted molar refractivity (Wildman–Crippen MR) is 127 cm³/mol. The second-order valence-electron chi connectivity index (χ2n) is 6.69. The molecule has 0 N–H and O–H groups in total. The number of benzene rings is 2. The van der Waals surface area contributed by atoms with Crippen molar-refractivity contribution in [1.82, 2.24) is 14.5 Å². The Morgan fingerprint density at radius 3 is 2.77 bits per heavy atom. The average molecular weight is 482 g/mol. The molecule has 0 saturated carbocycles. The van der Waals surface area contributed by atoms with Crippen molar-refractivity contribution in [2.24, 2.45) is 0 Å². The number of hydrogen-bond donors (Lipinski definition) is 0. The molecule has 0 aliphatic carbocycles. The molecule has 0 radical (unpaired) electrons. The summed E-state index contributed by atoms with van der Waals surface area (Å²) < 4.78 is 2.95. The maximum absolute atomic E-state index is 13.3. The predicted octanol–water partition coefficient (Wildman–Crippen LogP) is 6.27. The van der Waals surface area contributed by atoms with Crippen LogP contribution in [0.4, 0.5) is 5.13 Å². The number of aromatic nitrogens is 3. The molecule has 4 aromatic rings. The molecule has 0 atom stereocenters. The normalized spacial score (nSPS) is 10.8. The number of imidazole rings is 1. The van der Waals surface area contributed by atoms with Crippen molar-refractivity contribution in [3.63, 3.8) is 0 Å². The first-order valence-corrected chi connectivity index (χ1v) is 10.7. The maximum Gasteiger partial charge on any atom is 0.260 e. The third-order valence-electron chi connectivity index (χ3n) is 4.54. The number of thiazole rings is 1. The number of halogens is 3. The Kier molecular flexibility index (Phi) is 7.36. The molecule has 4 rings (SSSR count). The fourth-order valence-electron chi connectivity index (χ4n) is 3.15. The number of nitrogens with zero attached hydrogens (tertiary/aromatic N) is 4. The average Bonchev–Trinajstić information content (AvgIpc) is 3.34. The lowest BCUT2D eigenvalue weighted by Crippen LogP contribution is -2.32. The molecule has 2 heterocycles. The van der Waals surface area contributed by atoms with E-state index in [4.69, 9.17) is 28.2 Å². The van der Waals surface area contributed by atoms with Gasteiger partial charge in [0, 0.05) is 41.1 Å². The Hall–Kier alpha value is -2.12. The van der Waals surface area contributed by atoms with Crippen LogP contribution in [0.1, 0.15) is 22.3 Å². The molecular formula is C21H19Cl3N4OS. The summed E-state index contributed by atoms with van der Waals surface area (Å²) in [4.78, 5) is 23.8. The third kappa shape index (κ3) is 4.95. The van der Waals surface area contributed by atoms with Crippen LogP contribution in [0.15, 0.2) is 55.1 Å². The molecule has 5 nitrogen and oxygen atoms in total. The lowest BCUT2D eigenvalue weighted by Gasteiger charge is -2.20. The van der Waals surface area contributed by atoms with E-state index in [2.05, 4.69) is 4.98 Å². The summed E-state index contributed by atoms with van der Waals surface area (Å²) >= 11 is 13.8. The van der Waals surface area contributed by atoms with E-state index < -0.39 is 0 Å². The van der Waals surface area contributed by atoms with Crippen LogP contribution in [-0.2, 0) is 6.54 Å². The second kappa shape index (κ2) is 9.79. The van der Waals surface area contributed by atoms with E-state index in [0.717, 1.165) is 28.7 Å². The van der Waals surface area contributed by atoms with Gasteiger partial charge in [0.1, 0.15) is 0 Å². The van der Waals surface area contributed by atoms with Crippen LogP contribution in [0.5, 0.6) is 0 Å².